The predicted molar refractivity (Wildman–Crippen MR) is 127 cm³/mol. The Kier molecular flexibility index (Phi) is 5.24. The number of fused-ring (bicyclic) bond motifs is 3. The van der Waals surface area contributed by atoms with Gasteiger partial charge in [0.25, 0.3) is 5.56 Å². The maximum Gasteiger partial charge on any atom is 0.337 e. The molecule has 0 radical (unpaired) electrons. The van der Waals surface area contributed by atoms with E-state index in [2.05, 4.69) is 12.2 Å². The summed E-state index contributed by atoms with van der Waals surface area (Å²) in [7, 11) is 0. The molecule has 1 spiro atoms. The van der Waals surface area contributed by atoms with Gasteiger partial charge in [-0.05, 0) is 56.9 Å². The number of ether oxygens (including phenoxy) is 1. The molecule has 0 unspecified atom stereocenters. The molecule has 1 saturated heterocycles. The summed E-state index contributed by atoms with van der Waals surface area (Å²) >= 11 is 0. The molecule has 3 aromatic rings. The molecule has 2 aromatic carbocycles. The van der Waals surface area contributed by atoms with Gasteiger partial charge in [-0.25, -0.2) is 9.78 Å². The Morgan fingerprint density at radius 1 is 1.36 bits per heavy atom. The van der Waals surface area contributed by atoms with Crippen LogP contribution in [0.4, 0.5) is 5.69 Å². The number of nitrogens with zero attached hydrogens (tertiary/aromatic N) is 2. The van der Waals surface area contributed by atoms with E-state index in [0.29, 0.717) is 29.8 Å². The number of aryl methyl sites for hydroxylation is 1. The Hall–Kier alpha value is -3.19. The van der Waals surface area contributed by atoms with Crippen LogP contribution in [-0.2, 0) is 10.2 Å². The van der Waals surface area contributed by atoms with Gasteiger partial charge in [-0.3, -0.25) is 9.36 Å². The fraction of sp³-hybridized carbons (Fsp3) is 0.423. The molecular weight excluding hydrogens is 418 g/mol. The molecular formula is C26H29N3O4. The number of rotatable bonds is 5. The highest BCUT2D eigenvalue weighted by molar-refractivity contribution is 5.94. The smallest absolute Gasteiger partial charge is 0.337 e. The van der Waals surface area contributed by atoms with E-state index in [1.54, 1.807) is 18.2 Å². The van der Waals surface area contributed by atoms with Crippen molar-refractivity contribution in [3.05, 3.63) is 69.3 Å². The summed E-state index contributed by atoms with van der Waals surface area (Å²) in [6.07, 6.45) is 2.64. The van der Waals surface area contributed by atoms with Crippen molar-refractivity contribution in [2.75, 3.05) is 18.5 Å². The van der Waals surface area contributed by atoms with E-state index in [0.717, 1.165) is 36.2 Å². The molecule has 3 atom stereocenters. The van der Waals surface area contributed by atoms with Gasteiger partial charge in [0.2, 0.25) is 0 Å². The van der Waals surface area contributed by atoms with Crippen molar-refractivity contribution in [2.45, 2.75) is 57.5 Å². The van der Waals surface area contributed by atoms with Crippen molar-refractivity contribution >= 4 is 22.6 Å². The van der Waals surface area contributed by atoms with Crippen molar-refractivity contribution in [2.24, 2.45) is 0 Å². The van der Waals surface area contributed by atoms with Gasteiger partial charge >= 0.3 is 5.97 Å². The maximum absolute atomic E-state index is 13.7. The van der Waals surface area contributed by atoms with Crippen LogP contribution < -0.4 is 10.9 Å². The number of benzene rings is 2. The van der Waals surface area contributed by atoms with Crippen molar-refractivity contribution in [1.82, 2.24) is 9.55 Å². The van der Waals surface area contributed by atoms with Gasteiger partial charge in [0.05, 0.1) is 34.5 Å². The lowest BCUT2D eigenvalue weighted by atomic mass is 9.83. The quantitative estimate of drug-likeness (QED) is 0.594. The third-order valence-corrected chi connectivity index (χ3v) is 7.22. The van der Waals surface area contributed by atoms with Crippen molar-refractivity contribution in [3.63, 3.8) is 0 Å². The molecule has 2 N–H and O–H groups in total. The van der Waals surface area contributed by atoms with Crippen molar-refractivity contribution in [3.8, 4) is 0 Å². The summed E-state index contributed by atoms with van der Waals surface area (Å²) in [5, 5.41) is 13.5. The first kappa shape index (κ1) is 21.6. The summed E-state index contributed by atoms with van der Waals surface area (Å²) in [6.45, 7) is 7.36. The Morgan fingerprint density at radius 2 is 2.15 bits per heavy atom. The normalized spacial score (nSPS) is 22.6. The minimum absolute atomic E-state index is 0.00807. The average Bonchev–Trinajstić information content (AvgIpc) is 3.39. The number of carboxylic acid groups (broad SMARTS) is 1. The van der Waals surface area contributed by atoms with E-state index in [1.165, 1.54) is 0 Å². The zero-order valence-electron chi connectivity index (χ0n) is 19.2. The number of aromatic nitrogens is 2. The molecule has 172 valence electrons. The molecule has 5 rings (SSSR count). The number of hydrogen-bond donors (Lipinski definition) is 2. The van der Waals surface area contributed by atoms with Gasteiger partial charge in [0.1, 0.15) is 5.82 Å². The van der Waals surface area contributed by atoms with Crippen LogP contribution in [0.3, 0.4) is 0 Å². The zero-order chi connectivity index (χ0) is 23.3. The van der Waals surface area contributed by atoms with Crippen LogP contribution in [0.2, 0.25) is 0 Å². The number of nitrogens with one attached hydrogen (secondary N) is 1. The molecule has 33 heavy (non-hydrogen) atoms. The highest BCUT2D eigenvalue weighted by atomic mass is 16.5. The molecule has 2 aliphatic rings. The lowest BCUT2D eigenvalue weighted by molar-refractivity contribution is 0.0698. The van der Waals surface area contributed by atoms with Gasteiger partial charge in [-0.1, -0.05) is 25.1 Å². The summed E-state index contributed by atoms with van der Waals surface area (Å²) in [5.74, 6) is -0.144. The van der Waals surface area contributed by atoms with Crippen LogP contribution in [0.5, 0.6) is 0 Å². The monoisotopic (exact) mass is 447 g/mol. The Bertz CT molecular complexity index is 1310. The van der Waals surface area contributed by atoms with Crippen LogP contribution in [0, 0.1) is 6.92 Å². The lowest BCUT2D eigenvalue weighted by Crippen LogP contribution is -2.29. The fourth-order valence-corrected chi connectivity index (χ4v) is 5.53. The molecule has 0 aliphatic carbocycles. The largest absolute Gasteiger partial charge is 0.478 e. The van der Waals surface area contributed by atoms with Crippen LogP contribution in [0.25, 0.3) is 10.9 Å². The van der Waals surface area contributed by atoms with Gasteiger partial charge in [-0.15, -0.1) is 0 Å². The maximum atomic E-state index is 13.7. The number of carbonyl (C=O) groups is 1. The summed E-state index contributed by atoms with van der Waals surface area (Å²) in [5.41, 5.74) is 3.10. The SMILES string of the molecule is CC[C@@H]1C[C@@]2(CCOC2)c2nc3c([C@@H](C)Nc4ccccc4C(=O)O)cc(C)cc3c(=O)n21. The first-order chi connectivity index (χ1) is 15.8. The average molecular weight is 448 g/mol. The van der Waals surface area contributed by atoms with Crippen LogP contribution >= 0.6 is 0 Å². The third kappa shape index (κ3) is 3.42. The second-order valence-corrected chi connectivity index (χ2v) is 9.43. The van der Waals surface area contributed by atoms with E-state index in [1.807, 2.05) is 36.6 Å². The van der Waals surface area contributed by atoms with Gasteiger partial charge in [-0.2, -0.15) is 0 Å². The van der Waals surface area contributed by atoms with Crippen molar-refractivity contribution in [1.29, 1.82) is 0 Å². The zero-order valence-corrected chi connectivity index (χ0v) is 19.2. The summed E-state index contributed by atoms with van der Waals surface area (Å²) in [6, 6.07) is 10.7. The molecule has 1 fully saturated rings. The van der Waals surface area contributed by atoms with Gasteiger partial charge in [0, 0.05) is 23.9 Å². The first-order valence-electron chi connectivity index (χ1n) is 11.6. The van der Waals surface area contributed by atoms with E-state index in [9.17, 15) is 14.7 Å². The van der Waals surface area contributed by atoms with E-state index in [-0.39, 0.29) is 28.6 Å². The highest BCUT2D eigenvalue weighted by Gasteiger charge is 2.48. The van der Waals surface area contributed by atoms with E-state index >= 15 is 0 Å². The first-order valence-corrected chi connectivity index (χ1v) is 11.6. The number of para-hydroxylation sites is 1. The topological polar surface area (TPSA) is 93.5 Å². The van der Waals surface area contributed by atoms with Crippen LogP contribution in [-0.4, -0.2) is 33.8 Å². The molecule has 7 nitrogen and oxygen atoms in total. The van der Waals surface area contributed by atoms with E-state index < -0.39 is 5.97 Å². The molecule has 7 heteroatoms. The molecule has 0 amide bonds. The minimum atomic E-state index is -0.984. The van der Waals surface area contributed by atoms with Gasteiger partial charge in [0.15, 0.2) is 0 Å². The summed E-state index contributed by atoms with van der Waals surface area (Å²) in [4.78, 5) is 30.6. The number of hydrogen-bond acceptors (Lipinski definition) is 5. The third-order valence-electron chi connectivity index (χ3n) is 7.22. The second-order valence-electron chi connectivity index (χ2n) is 9.43. The molecule has 2 aliphatic heterocycles. The minimum Gasteiger partial charge on any atom is -0.478 e. The molecule has 1 aromatic heterocycles. The molecule has 0 bridgehead atoms. The van der Waals surface area contributed by atoms with Crippen LogP contribution in [0.15, 0.2) is 41.2 Å². The van der Waals surface area contributed by atoms with Gasteiger partial charge < -0.3 is 15.2 Å². The molecule has 0 saturated carbocycles. The number of aromatic carboxylic acids is 1. The number of anilines is 1. The Labute approximate surface area is 192 Å². The standard InChI is InChI=1S/C26H29N3O4/c1-4-17-13-26(9-10-33-14-26)25-28-22-19(11-15(2)12-20(22)23(30)29(17)25)16(3)27-21-8-6-5-7-18(21)24(31)32/h5-8,11-12,16-17,27H,4,9-10,13-14H2,1-3H3,(H,31,32)/t16-,17-,26-/m1/s1. The lowest BCUT2D eigenvalue weighted by Gasteiger charge is -2.22. The highest BCUT2D eigenvalue weighted by Crippen LogP contribution is 2.46. The summed E-state index contributed by atoms with van der Waals surface area (Å²) < 4.78 is 7.69. The van der Waals surface area contributed by atoms with Crippen molar-refractivity contribution < 1.29 is 14.6 Å². The Morgan fingerprint density at radius 3 is 2.85 bits per heavy atom. The van der Waals surface area contributed by atoms with Crippen LogP contribution in [0.1, 0.15) is 72.5 Å². The predicted octanol–water partition coefficient (Wildman–Crippen LogP) is 4.59. The second kappa shape index (κ2) is 7.99. The molecule has 3 heterocycles. The fourth-order valence-electron chi connectivity index (χ4n) is 5.53. The Balaban J connectivity index is 1.68. The van der Waals surface area contributed by atoms with E-state index in [4.69, 9.17) is 9.72 Å². The number of carboxylic acids is 1.